The summed E-state index contributed by atoms with van der Waals surface area (Å²) in [5, 5.41) is 9.43. The summed E-state index contributed by atoms with van der Waals surface area (Å²) in [5.41, 5.74) is 0.853. The summed E-state index contributed by atoms with van der Waals surface area (Å²) in [6.07, 6.45) is 1.25. The van der Waals surface area contributed by atoms with E-state index in [0.29, 0.717) is 36.0 Å². The van der Waals surface area contributed by atoms with E-state index in [9.17, 15) is 14.0 Å². The molecular formula is C15H15FN2O3. The molecule has 1 aliphatic rings. The number of carboxylic acids is 1. The van der Waals surface area contributed by atoms with E-state index in [0.717, 1.165) is 0 Å². The minimum absolute atomic E-state index is 0.200. The number of halogens is 1. The Morgan fingerprint density at radius 3 is 2.90 bits per heavy atom. The molecule has 1 saturated heterocycles. The molecule has 1 aliphatic heterocycles. The van der Waals surface area contributed by atoms with E-state index in [1.807, 2.05) is 0 Å². The van der Waals surface area contributed by atoms with Crippen LogP contribution in [0.2, 0.25) is 0 Å². The van der Waals surface area contributed by atoms with Gasteiger partial charge in [-0.1, -0.05) is 6.07 Å². The van der Waals surface area contributed by atoms with E-state index in [2.05, 4.69) is 4.98 Å². The zero-order chi connectivity index (χ0) is 15.0. The molecule has 0 saturated carbocycles. The van der Waals surface area contributed by atoms with Crippen molar-refractivity contribution in [3.05, 3.63) is 35.8 Å². The number of hydrogen-bond donors (Lipinski definition) is 2. The number of carboxylic acid groups (broad SMARTS) is 1. The van der Waals surface area contributed by atoms with Crippen molar-refractivity contribution in [1.29, 1.82) is 0 Å². The van der Waals surface area contributed by atoms with Gasteiger partial charge in [-0.2, -0.15) is 0 Å². The Balaban J connectivity index is 1.86. The number of hydrogen-bond acceptors (Lipinski definition) is 2. The van der Waals surface area contributed by atoms with Gasteiger partial charge in [0.1, 0.15) is 11.5 Å². The van der Waals surface area contributed by atoms with Crippen molar-refractivity contribution in [3.8, 4) is 0 Å². The molecule has 2 aromatic rings. The van der Waals surface area contributed by atoms with Gasteiger partial charge in [0, 0.05) is 24.0 Å². The Kier molecular flexibility index (Phi) is 3.37. The number of rotatable bonds is 2. The lowest BCUT2D eigenvalue weighted by molar-refractivity contribution is -0.143. The Morgan fingerprint density at radius 1 is 1.38 bits per heavy atom. The highest BCUT2D eigenvalue weighted by Gasteiger charge is 2.29. The minimum Gasteiger partial charge on any atom is -0.481 e. The number of H-pyrrole nitrogens is 1. The number of aromatic nitrogens is 1. The minimum atomic E-state index is -0.879. The average Bonchev–Trinajstić information content (AvgIpc) is 2.92. The van der Waals surface area contributed by atoms with E-state index in [1.165, 1.54) is 17.0 Å². The van der Waals surface area contributed by atoms with Gasteiger partial charge in [-0.3, -0.25) is 9.59 Å². The molecule has 21 heavy (non-hydrogen) atoms. The van der Waals surface area contributed by atoms with Gasteiger partial charge < -0.3 is 15.0 Å². The molecule has 0 unspecified atom stereocenters. The molecule has 1 fully saturated rings. The molecule has 1 amide bonds. The van der Waals surface area contributed by atoms with Crippen molar-refractivity contribution in [1.82, 2.24) is 9.88 Å². The smallest absolute Gasteiger partial charge is 0.308 e. The normalized spacial score (nSPS) is 18.9. The molecule has 0 spiro atoms. The molecule has 1 atom stereocenters. The number of benzene rings is 1. The first-order valence-electron chi connectivity index (χ1n) is 6.85. The number of amides is 1. The van der Waals surface area contributed by atoms with Crippen LogP contribution in [0.5, 0.6) is 0 Å². The van der Waals surface area contributed by atoms with Gasteiger partial charge in [0.2, 0.25) is 0 Å². The molecule has 0 radical (unpaired) electrons. The Labute approximate surface area is 120 Å². The number of likely N-dealkylation sites (tertiary alicyclic amines) is 1. The third kappa shape index (κ3) is 2.49. The first-order chi connectivity index (χ1) is 10.1. The number of piperidine rings is 1. The van der Waals surface area contributed by atoms with Gasteiger partial charge in [0.25, 0.3) is 5.91 Å². The number of fused-ring (bicyclic) bond motifs is 1. The molecular weight excluding hydrogens is 275 g/mol. The van der Waals surface area contributed by atoms with Crippen LogP contribution in [0.3, 0.4) is 0 Å². The van der Waals surface area contributed by atoms with Crippen LogP contribution in [0.1, 0.15) is 23.3 Å². The highest BCUT2D eigenvalue weighted by molar-refractivity contribution is 5.98. The first kappa shape index (κ1) is 13.6. The lowest BCUT2D eigenvalue weighted by Gasteiger charge is -2.30. The number of nitrogens with one attached hydrogen (secondary N) is 1. The van der Waals surface area contributed by atoms with Gasteiger partial charge in [0.05, 0.1) is 5.92 Å². The van der Waals surface area contributed by atoms with Crippen molar-refractivity contribution in [2.75, 3.05) is 13.1 Å². The maximum Gasteiger partial charge on any atom is 0.308 e. The largest absolute Gasteiger partial charge is 0.481 e. The average molecular weight is 290 g/mol. The summed E-state index contributed by atoms with van der Waals surface area (Å²) in [6, 6.07) is 6.10. The summed E-state index contributed by atoms with van der Waals surface area (Å²) in [4.78, 5) is 27.9. The lowest BCUT2D eigenvalue weighted by Crippen LogP contribution is -2.42. The topological polar surface area (TPSA) is 73.4 Å². The van der Waals surface area contributed by atoms with E-state index in [1.54, 1.807) is 12.1 Å². The van der Waals surface area contributed by atoms with Crippen molar-refractivity contribution in [2.45, 2.75) is 12.8 Å². The van der Waals surface area contributed by atoms with Gasteiger partial charge in [0.15, 0.2) is 0 Å². The fourth-order valence-electron chi connectivity index (χ4n) is 2.77. The number of aliphatic carboxylic acids is 1. The SMILES string of the molecule is O=C(O)[C@@H]1CCCN(C(=O)c2cc3c(F)cccc3[nH]2)C1. The number of carbonyl (C=O) groups excluding carboxylic acids is 1. The van der Waals surface area contributed by atoms with Crippen LogP contribution in [-0.2, 0) is 4.79 Å². The van der Waals surface area contributed by atoms with Gasteiger partial charge in [-0.15, -0.1) is 0 Å². The summed E-state index contributed by atoms with van der Waals surface area (Å²) in [5.74, 6) is -2.07. The van der Waals surface area contributed by atoms with Crippen LogP contribution >= 0.6 is 0 Å². The van der Waals surface area contributed by atoms with Crippen LogP contribution in [0.25, 0.3) is 10.9 Å². The van der Waals surface area contributed by atoms with Crippen LogP contribution in [-0.4, -0.2) is 40.0 Å². The van der Waals surface area contributed by atoms with E-state index in [-0.39, 0.29) is 18.3 Å². The van der Waals surface area contributed by atoms with Crippen LogP contribution in [0.4, 0.5) is 4.39 Å². The second-order valence-corrected chi connectivity index (χ2v) is 5.31. The fraction of sp³-hybridized carbons (Fsp3) is 0.333. The van der Waals surface area contributed by atoms with Crippen molar-refractivity contribution < 1.29 is 19.1 Å². The van der Waals surface area contributed by atoms with Crippen molar-refractivity contribution >= 4 is 22.8 Å². The zero-order valence-corrected chi connectivity index (χ0v) is 11.3. The van der Waals surface area contributed by atoms with E-state index >= 15 is 0 Å². The highest BCUT2D eigenvalue weighted by Crippen LogP contribution is 2.22. The number of nitrogens with zero attached hydrogens (tertiary/aromatic N) is 1. The van der Waals surface area contributed by atoms with Crippen LogP contribution in [0, 0.1) is 11.7 Å². The summed E-state index contributed by atoms with van der Waals surface area (Å²) in [7, 11) is 0. The lowest BCUT2D eigenvalue weighted by atomic mass is 9.98. The molecule has 2 N–H and O–H groups in total. The highest BCUT2D eigenvalue weighted by atomic mass is 19.1. The molecule has 1 aromatic carbocycles. The zero-order valence-electron chi connectivity index (χ0n) is 11.3. The van der Waals surface area contributed by atoms with E-state index in [4.69, 9.17) is 5.11 Å². The number of carbonyl (C=O) groups is 2. The maximum atomic E-state index is 13.7. The Bertz CT molecular complexity index is 710. The standard InChI is InChI=1S/C15H15FN2O3/c16-11-4-1-5-12-10(11)7-13(17-12)14(19)18-6-2-3-9(8-18)15(20)21/h1,4-5,7,9,17H,2-3,6,8H2,(H,20,21)/t9-/m1/s1. The second kappa shape index (κ2) is 5.20. The van der Waals surface area contributed by atoms with Crippen LogP contribution in [0.15, 0.2) is 24.3 Å². The third-order valence-electron chi connectivity index (χ3n) is 3.90. The first-order valence-corrected chi connectivity index (χ1v) is 6.85. The monoisotopic (exact) mass is 290 g/mol. The molecule has 5 nitrogen and oxygen atoms in total. The molecule has 2 heterocycles. The summed E-state index contributed by atoms with van der Waals surface area (Å²) >= 11 is 0. The van der Waals surface area contributed by atoms with E-state index < -0.39 is 11.9 Å². The third-order valence-corrected chi connectivity index (χ3v) is 3.90. The van der Waals surface area contributed by atoms with Gasteiger partial charge in [-0.05, 0) is 31.0 Å². The quantitative estimate of drug-likeness (QED) is 0.891. The molecule has 110 valence electrons. The Hall–Kier alpha value is -2.37. The second-order valence-electron chi connectivity index (χ2n) is 5.31. The molecule has 3 rings (SSSR count). The predicted octanol–water partition coefficient (Wildman–Crippen LogP) is 2.24. The molecule has 0 bridgehead atoms. The van der Waals surface area contributed by atoms with Crippen molar-refractivity contribution in [3.63, 3.8) is 0 Å². The Morgan fingerprint density at radius 2 is 2.19 bits per heavy atom. The molecule has 1 aromatic heterocycles. The molecule has 0 aliphatic carbocycles. The summed E-state index contributed by atoms with van der Waals surface area (Å²) < 4.78 is 13.7. The fourth-order valence-corrected chi connectivity index (χ4v) is 2.77. The summed E-state index contributed by atoms with van der Waals surface area (Å²) in [6.45, 7) is 0.729. The van der Waals surface area contributed by atoms with Crippen LogP contribution < -0.4 is 0 Å². The van der Waals surface area contributed by atoms with Gasteiger partial charge >= 0.3 is 5.97 Å². The predicted molar refractivity (Wildman–Crippen MR) is 74.5 cm³/mol. The van der Waals surface area contributed by atoms with Crippen molar-refractivity contribution in [2.24, 2.45) is 5.92 Å². The maximum absolute atomic E-state index is 13.7. The molecule has 6 heteroatoms. The number of aromatic amines is 1. The van der Waals surface area contributed by atoms with Gasteiger partial charge in [-0.25, -0.2) is 4.39 Å².